The van der Waals surface area contributed by atoms with E-state index in [2.05, 4.69) is 18.7 Å². The number of nitrogens with zero attached hydrogens (tertiary/aromatic N) is 1. The fourth-order valence-corrected chi connectivity index (χ4v) is 2.20. The van der Waals surface area contributed by atoms with Gasteiger partial charge in [0.2, 0.25) is 0 Å². The van der Waals surface area contributed by atoms with Gasteiger partial charge >= 0.3 is 0 Å². The van der Waals surface area contributed by atoms with Crippen molar-refractivity contribution in [2.24, 2.45) is 11.8 Å². The van der Waals surface area contributed by atoms with Crippen LogP contribution in [0.1, 0.15) is 13.8 Å². The maximum Gasteiger partial charge on any atom is 0.146 e. The van der Waals surface area contributed by atoms with Crippen molar-refractivity contribution in [2.45, 2.75) is 19.9 Å². The van der Waals surface area contributed by atoms with E-state index in [1.165, 1.54) is 0 Å². The van der Waals surface area contributed by atoms with Gasteiger partial charge in [0.05, 0.1) is 25.0 Å². The maximum absolute atomic E-state index is 11.7. The second kappa shape index (κ2) is 3.39. The topological polar surface area (TPSA) is 29.5 Å². The number of rotatable bonds is 1. The summed E-state index contributed by atoms with van der Waals surface area (Å²) in [5.74, 6) is 0.730. The van der Waals surface area contributed by atoms with E-state index >= 15 is 0 Å². The number of carbonyl (C=O) groups excluding carboxylic acids is 1. The van der Waals surface area contributed by atoms with Crippen LogP contribution in [0.4, 0.5) is 0 Å². The molecule has 0 spiro atoms. The monoisotopic (exact) mass is 183 g/mol. The van der Waals surface area contributed by atoms with Gasteiger partial charge in [0.15, 0.2) is 0 Å². The van der Waals surface area contributed by atoms with Gasteiger partial charge in [0.25, 0.3) is 0 Å². The van der Waals surface area contributed by atoms with Gasteiger partial charge in [-0.3, -0.25) is 9.69 Å². The van der Waals surface area contributed by atoms with Crippen molar-refractivity contribution in [3.63, 3.8) is 0 Å². The Morgan fingerprint density at radius 3 is 2.31 bits per heavy atom. The molecule has 0 N–H and O–H groups in total. The van der Waals surface area contributed by atoms with Crippen LogP contribution in [0.2, 0.25) is 0 Å². The minimum absolute atomic E-state index is 0.148. The number of fused-ring (bicyclic) bond motifs is 2. The lowest BCUT2D eigenvalue weighted by Crippen LogP contribution is -2.54. The first kappa shape index (κ1) is 9.16. The first-order valence-corrected chi connectivity index (χ1v) is 5.04. The van der Waals surface area contributed by atoms with Crippen molar-refractivity contribution in [2.75, 3.05) is 26.3 Å². The normalized spacial score (nSPS) is 35.5. The molecule has 2 fully saturated rings. The fraction of sp³-hybridized carbons (Fsp3) is 0.900. The molecule has 0 radical (unpaired) electrons. The molecule has 0 aromatic rings. The average Bonchev–Trinajstić information content (AvgIpc) is 2.02. The number of ether oxygens (including phenoxy) is 1. The van der Waals surface area contributed by atoms with Crippen LogP contribution < -0.4 is 0 Å². The van der Waals surface area contributed by atoms with Crippen molar-refractivity contribution in [1.82, 2.24) is 4.90 Å². The number of likely N-dealkylation sites (tertiary alicyclic amines) is 1. The van der Waals surface area contributed by atoms with Gasteiger partial charge in [0.1, 0.15) is 5.78 Å². The fourth-order valence-electron chi connectivity index (χ4n) is 2.20. The van der Waals surface area contributed by atoms with E-state index in [0.717, 1.165) is 13.1 Å². The van der Waals surface area contributed by atoms with Crippen LogP contribution in [-0.2, 0) is 9.53 Å². The molecule has 2 heterocycles. The predicted molar refractivity (Wildman–Crippen MR) is 49.5 cm³/mol. The molecule has 2 unspecified atom stereocenters. The SMILES string of the molecule is CC(C)N1CC2COCC(C1)C2=O. The standard InChI is InChI=1S/C10H17NO2/c1-7(2)11-3-8-5-13-6-9(4-11)10(8)12/h7-9H,3-6H2,1-2H3. The highest BCUT2D eigenvalue weighted by Gasteiger charge is 2.39. The van der Waals surface area contributed by atoms with Crippen LogP contribution in [0.15, 0.2) is 0 Å². The Hall–Kier alpha value is -0.410. The third kappa shape index (κ3) is 1.63. The number of Topliss-reactive ketones (excluding diaryl/α,β-unsaturated/α-hetero) is 1. The van der Waals surface area contributed by atoms with Crippen molar-refractivity contribution < 1.29 is 9.53 Å². The third-order valence-electron chi connectivity index (χ3n) is 3.08. The molecule has 3 heteroatoms. The summed E-state index contributed by atoms with van der Waals surface area (Å²) in [5, 5.41) is 0. The summed E-state index contributed by atoms with van der Waals surface area (Å²) in [6.07, 6.45) is 0. The van der Waals surface area contributed by atoms with Crippen LogP contribution in [-0.4, -0.2) is 43.0 Å². The first-order chi connectivity index (χ1) is 6.18. The van der Waals surface area contributed by atoms with Crippen LogP contribution in [0.3, 0.4) is 0 Å². The molecule has 2 rings (SSSR count). The zero-order chi connectivity index (χ0) is 9.42. The van der Waals surface area contributed by atoms with Gasteiger partial charge in [-0.1, -0.05) is 0 Å². The highest BCUT2D eigenvalue weighted by atomic mass is 16.5. The lowest BCUT2D eigenvalue weighted by atomic mass is 9.86. The molecule has 0 aliphatic carbocycles. The smallest absolute Gasteiger partial charge is 0.146 e. The largest absolute Gasteiger partial charge is 0.380 e. The molecule has 2 aliphatic rings. The highest BCUT2D eigenvalue weighted by molar-refractivity contribution is 5.85. The number of piperidine rings is 1. The van der Waals surface area contributed by atoms with E-state index in [0.29, 0.717) is 25.0 Å². The molecule has 2 saturated heterocycles. The number of hydrogen-bond acceptors (Lipinski definition) is 3. The second-order valence-corrected chi connectivity index (χ2v) is 4.38. The Kier molecular flexibility index (Phi) is 2.39. The predicted octanol–water partition coefficient (Wildman–Crippen LogP) is 0.542. The number of carbonyl (C=O) groups is 1. The summed E-state index contributed by atoms with van der Waals surface area (Å²) in [6.45, 7) is 7.44. The maximum atomic E-state index is 11.7. The zero-order valence-electron chi connectivity index (χ0n) is 8.32. The van der Waals surface area contributed by atoms with Gasteiger partial charge in [-0.05, 0) is 13.8 Å². The van der Waals surface area contributed by atoms with Crippen molar-refractivity contribution in [1.29, 1.82) is 0 Å². The Labute approximate surface area is 79.0 Å². The van der Waals surface area contributed by atoms with E-state index in [4.69, 9.17) is 4.74 Å². The summed E-state index contributed by atoms with van der Waals surface area (Å²) >= 11 is 0. The summed E-state index contributed by atoms with van der Waals surface area (Å²) < 4.78 is 5.39. The number of ketones is 1. The van der Waals surface area contributed by atoms with E-state index in [-0.39, 0.29) is 11.8 Å². The van der Waals surface area contributed by atoms with Gasteiger partial charge < -0.3 is 4.74 Å². The van der Waals surface area contributed by atoms with Gasteiger partial charge in [-0.25, -0.2) is 0 Å². The number of hydrogen-bond donors (Lipinski definition) is 0. The van der Waals surface area contributed by atoms with Crippen molar-refractivity contribution in [3.8, 4) is 0 Å². The zero-order valence-corrected chi connectivity index (χ0v) is 8.32. The quantitative estimate of drug-likeness (QED) is 0.594. The molecule has 2 atom stereocenters. The molecule has 2 aliphatic heterocycles. The Morgan fingerprint density at radius 2 is 1.85 bits per heavy atom. The van der Waals surface area contributed by atoms with Crippen LogP contribution >= 0.6 is 0 Å². The van der Waals surface area contributed by atoms with Gasteiger partial charge in [0, 0.05) is 19.1 Å². The second-order valence-electron chi connectivity index (χ2n) is 4.38. The van der Waals surface area contributed by atoms with E-state index in [1.807, 2.05) is 0 Å². The lowest BCUT2D eigenvalue weighted by molar-refractivity contribution is -0.145. The molecule has 0 saturated carbocycles. The summed E-state index contributed by atoms with van der Waals surface area (Å²) in [7, 11) is 0. The Morgan fingerprint density at radius 1 is 1.31 bits per heavy atom. The first-order valence-electron chi connectivity index (χ1n) is 5.04. The van der Waals surface area contributed by atoms with E-state index in [9.17, 15) is 4.79 Å². The molecule has 2 bridgehead atoms. The molecular formula is C10H17NO2. The molecule has 3 nitrogen and oxygen atoms in total. The molecule has 13 heavy (non-hydrogen) atoms. The molecule has 0 amide bonds. The van der Waals surface area contributed by atoms with Gasteiger partial charge in [-0.15, -0.1) is 0 Å². The minimum Gasteiger partial charge on any atom is -0.380 e. The lowest BCUT2D eigenvalue weighted by Gasteiger charge is -2.41. The third-order valence-corrected chi connectivity index (χ3v) is 3.08. The van der Waals surface area contributed by atoms with E-state index in [1.54, 1.807) is 0 Å². The van der Waals surface area contributed by atoms with E-state index < -0.39 is 0 Å². The molecule has 74 valence electrons. The average molecular weight is 183 g/mol. The molecular weight excluding hydrogens is 166 g/mol. The van der Waals surface area contributed by atoms with Crippen LogP contribution in [0.25, 0.3) is 0 Å². The van der Waals surface area contributed by atoms with Gasteiger partial charge in [-0.2, -0.15) is 0 Å². The van der Waals surface area contributed by atoms with Crippen molar-refractivity contribution >= 4 is 5.78 Å². The Bertz CT molecular complexity index is 199. The molecule has 0 aromatic carbocycles. The molecule has 0 aromatic heterocycles. The summed E-state index contributed by atoms with van der Waals surface area (Å²) in [4.78, 5) is 14.1. The highest BCUT2D eigenvalue weighted by Crippen LogP contribution is 2.24. The minimum atomic E-state index is 0.148. The summed E-state index contributed by atoms with van der Waals surface area (Å²) in [6, 6.07) is 0.552. The van der Waals surface area contributed by atoms with Crippen LogP contribution in [0, 0.1) is 11.8 Å². The van der Waals surface area contributed by atoms with Crippen molar-refractivity contribution in [3.05, 3.63) is 0 Å². The Balaban J connectivity index is 2.07. The summed E-state index contributed by atoms with van der Waals surface area (Å²) in [5.41, 5.74) is 0. The van der Waals surface area contributed by atoms with Crippen LogP contribution in [0.5, 0.6) is 0 Å².